The predicted molar refractivity (Wildman–Crippen MR) is 38.0 cm³/mol. The Kier molecular flexibility index (Phi) is 5.71. The number of rotatable bonds is 5. The third kappa shape index (κ3) is 5.27. The van der Waals surface area contributed by atoms with Gasteiger partial charge in [-0.05, 0) is 6.42 Å². The molecule has 10 heavy (non-hydrogen) atoms. The fourth-order valence-electron chi connectivity index (χ4n) is 0.373. The molecule has 0 aromatic carbocycles. The van der Waals surface area contributed by atoms with Crippen molar-refractivity contribution in [3.05, 3.63) is 12.7 Å². The Morgan fingerprint density at radius 2 is 2.50 bits per heavy atom. The second-order valence-electron chi connectivity index (χ2n) is 1.70. The van der Waals surface area contributed by atoms with Crippen molar-refractivity contribution in [2.45, 2.75) is 6.42 Å². The summed E-state index contributed by atoms with van der Waals surface area (Å²) in [6.07, 6.45) is 2.47. The zero-order valence-electron chi connectivity index (χ0n) is 5.80. The van der Waals surface area contributed by atoms with E-state index in [1.54, 1.807) is 6.08 Å². The van der Waals surface area contributed by atoms with Crippen LogP contribution in [0.5, 0.6) is 0 Å². The van der Waals surface area contributed by atoms with Crippen LogP contribution < -0.4 is 11.3 Å². The summed E-state index contributed by atoms with van der Waals surface area (Å²) in [5.74, 6) is 4.47. The van der Waals surface area contributed by atoms with Gasteiger partial charge in [0.05, 0.1) is 6.61 Å². The molecule has 0 aliphatic carbocycles. The smallest absolute Gasteiger partial charge is 0.259 e. The summed E-state index contributed by atoms with van der Waals surface area (Å²) >= 11 is 0. The van der Waals surface area contributed by atoms with E-state index < -0.39 is 0 Å². The van der Waals surface area contributed by atoms with Gasteiger partial charge >= 0.3 is 0 Å². The average molecular weight is 144 g/mol. The zero-order valence-corrected chi connectivity index (χ0v) is 5.80. The third-order valence-electron chi connectivity index (χ3n) is 0.860. The van der Waals surface area contributed by atoms with Crippen LogP contribution in [0, 0.1) is 0 Å². The summed E-state index contributed by atoms with van der Waals surface area (Å²) in [7, 11) is 0. The lowest BCUT2D eigenvalue weighted by Gasteiger charge is -1.99. The SMILES string of the molecule is C=CCCOCC(=O)NN. The normalized spacial score (nSPS) is 8.90. The molecule has 0 spiro atoms. The van der Waals surface area contributed by atoms with E-state index in [2.05, 4.69) is 6.58 Å². The van der Waals surface area contributed by atoms with Crippen molar-refractivity contribution >= 4 is 5.91 Å². The Morgan fingerprint density at radius 1 is 1.80 bits per heavy atom. The summed E-state index contributed by atoms with van der Waals surface area (Å²) in [6, 6.07) is 0. The van der Waals surface area contributed by atoms with E-state index in [1.807, 2.05) is 5.43 Å². The molecule has 0 aromatic rings. The minimum Gasteiger partial charge on any atom is -0.371 e. The molecule has 0 bridgehead atoms. The Labute approximate surface area is 60.0 Å². The number of ether oxygens (including phenoxy) is 1. The first-order chi connectivity index (χ1) is 4.81. The molecule has 4 heteroatoms. The largest absolute Gasteiger partial charge is 0.371 e. The minimum atomic E-state index is -0.316. The highest BCUT2D eigenvalue weighted by atomic mass is 16.5. The summed E-state index contributed by atoms with van der Waals surface area (Å²) in [6.45, 7) is 4.02. The van der Waals surface area contributed by atoms with Crippen molar-refractivity contribution in [2.24, 2.45) is 5.84 Å². The van der Waals surface area contributed by atoms with Crippen molar-refractivity contribution in [1.29, 1.82) is 0 Å². The molecule has 0 unspecified atom stereocenters. The molecule has 0 heterocycles. The average Bonchev–Trinajstić information content (AvgIpc) is 1.98. The second kappa shape index (κ2) is 6.25. The quantitative estimate of drug-likeness (QED) is 0.181. The lowest BCUT2D eigenvalue weighted by molar-refractivity contribution is -0.125. The van der Waals surface area contributed by atoms with E-state index in [9.17, 15) is 4.79 Å². The lowest BCUT2D eigenvalue weighted by atomic mass is 10.4. The summed E-state index contributed by atoms with van der Waals surface area (Å²) in [5, 5.41) is 0. The van der Waals surface area contributed by atoms with Crippen LogP contribution >= 0.6 is 0 Å². The Hall–Kier alpha value is -0.870. The molecule has 0 aliphatic rings. The Balaban J connectivity index is 3.03. The third-order valence-corrected chi connectivity index (χ3v) is 0.860. The van der Waals surface area contributed by atoms with Gasteiger partial charge in [-0.2, -0.15) is 0 Å². The number of carbonyl (C=O) groups excluding carboxylic acids is 1. The number of nitrogens with one attached hydrogen (secondary N) is 1. The van der Waals surface area contributed by atoms with Gasteiger partial charge in [-0.15, -0.1) is 6.58 Å². The number of hydrogen-bond acceptors (Lipinski definition) is 3. The highest BCUT2D eigenvalue weighted by molar-refractivity contribution is 5.76. The Bertz CT molecular complexity index is 114. The van der Waals surface area contributed by atoms with Crippen LogP contribution in [0.25, 0.3) is 0 Å². The van der Waals surface area contributed by atoms with E-state index in [0.717, 1.165) is 6.42 Å². The van der Waals surface area contributed by atoms with E-state index in [-0.39, 0.29) is 12.5 Å². The molecule has 4 nitrogen and oxygen atoms in total. The van der Waals surface area contributed by atoms with Crippen LogP contribution in [-0.4, -0.2) is 19.1 Å². The number of hydrazine groups is 1. The first-order valence-electron chi connectivity index (χ1n) is 2.99. The number of amides is 1. The maximum Gasteiger partial charge on any atom is 0.259 e. The van der Waals surface area contributed by atoms with Crippen molar-refractivity contribution < 1.29 is 9.53 Å². The van der Waals surface area contributed by atoms with Gasteiger partial charge in [0.2, 0.25) is 0 Å². The molecule has 3 N–H and O–H groups in total. The number of nitrogens with two attached hydrogens (primary N) is 1. The molecule has 1 amide bonds. The van der Waals surface area contributed by atoms with Crippen LogP contribution in [-0.2, 0) is 9.53 Å². The molecular weight excluding hydrogens is 132 g/mol. The first kappa shape index (κ1) is 9.13. The Morgan fingerprint density at radius 3 is 3.00 bits per heavy atom. The molecule has 0 saturated carbocycles. The monoisotopic (exact) mass is 144 g/mol. The van der Waals surface area contributed by atoms with Crippen LogP contribution in [0.3, 0.4) is 0 Å². The maximum atomic E-state index is 10.4. The zero-order chi connectivity index (χ0) is 7.82. The van der Waals surface area contributed by atoms with Crippen LogP contribution in [0.4, 0.5) is 0 Å². The summed E-state index contributed by atoms with van der Waals surface area (Å²) < 4.78 is 4.86. The molecule has 0 aliphatic heterocycles. The molecule has 58 valence electrons. The lowest BCUT2D eigenvalue weighted by Crippen LogP contribution is -2.33. The van der Waals surface area contributed by atoms with Crippen LogP contribution in [0.2, 0.25) is 0 Å². The van der Waals surface area contributed by atoms with Gasteiger partial charge in [-0.1, -0.05) is 6.08 Å². The van der Waals surface area contributed by atoms with Gasteiger partial charge < -0.3 is 4.74 Å². The molecular formula is C6H12N2O2. The fraction of sp³-hybridized carbons (Fsp3) is 0.500. The number of carbonyl (C=O) groups is 1. The van der Waals surface area contributed by atoms with Crippen molar-refractivity contribution in [1.82, 2.24) is 5.43 Å². The van der Waals surface area contributed by atoms with Crippen molar-refractivity contribution in [2.75, 3.05) is 13.2 Å². The van der Waals surface area contributed by atoms with Gasteiger partial charge in [0.25, 0.3) is 5.91 Å². The van der Waals surface area contributed by atoms with Crippen molar-refractivity contribution in [3.8, 4) is 0 Å². The van der Waals surface area contributed by atoms with Gasteiger partial charge in [0.15, 0.2) is 0 Å². The van der Waals surface area contributed by atoms with E-state index in [0.29, 0.717) is 6.61 Å². The number of hydrogen-bond donors (Lipinski definition) is 2. The van der Waals surface area contributed by atoms with Crippen LogP contribution in [0.15, 0.2) is 12.7 Å². The van der Waals surface area contributed by atoms with Crippen LogP contribution in [0.1, 0.15) is 6.42 Å². The van der Waals surface area contributed by atoms with E-state index >= 15 is 0 Å². The fourth-order valence-corrected chi connectivity index (χ4v) is 0.373. The first-order valence-corrected chi connectivity index (χ1v) is 2.99. The van der Waals surface area contributed by atoms with Gasteiger partial charge in [-0.25, -0.2) is 5.84 Å². The standard InChI is InChI=1S/C6H12N2O2/c1-2-3-4-10-5-6(9)8-7/h2H,1,3-5,7H2,(H,8,9). The van der Waals surface area contributed by atoms with Gasteiger partial charge in [0.1, 0.15) is 6.61 Å². The van der Waals surface area contributed by atoms with E-state index in [4.69, 9.17) is 10.6 Å². The van der Waals surface area contributed by atoms with E-state index in [1.165, 1.54) is 0 Å². The maximum absolute atomic E-state index is 10.4. The van der Waals surface area contributed by atoms with Gasteiger partial charge in [0, 0.05) is 0 Å². The molecule has 0 atom stereocenters. The predicted octanol–water partition coefficient (Wildman–Crippen LogP) is -0.431. The second-order valence-corrected chi connectivity index (χ2v) is 1.70. The highest BCUT2D eigenvalue weighted by Gasteiger charge is 1.94. The molecule has 0 fully saturated rings. The summed E-state index contributed by atoms with van der Waals surface area (Å²) in [4.78, 5) is 10.4. The molecule has 0 saturated heterocycles. The highest BCUT2D eigenvalue weighted by Crippen LogP contribution is 1.81. The molecule has 0 radical (unpaired) electrons. The topological polar surface area (TPSA) is 64.3 Å². The molecule has 0 aromatic heterocycles. The van der Waals surface area contributed by atoms with Crippen molar-refractivity contribution in [3.63, 3.8) is 0 Å². The summed E-state index contributed by atoms with van der Waals surface area (Å²) in [5.41, 5.74) is 1.95. The van der Waals surface area contributed by atoms with Gasteiger partial charge in [-0.3, -0.25) is 10.2 Å². The minimum absolute atomic E-state index is 0.0182. The molecule has 0 rings (SSSR count).